The number of rotatable bonds is 2. The smallest absolute Gasteiger partial charge is 0.135 e. The quantitative estimate of drug-likeness (QED) is 0.846. The highest BCUT2D eigenvalue weighted by molar-refractivity contribution is 14.1. The minimum absolute atomic E-state index is 0.582. The van der Waals surface area contributed by atoms with E-state index in [0.29, 0.717) is 12.4 Å². The minimum Gasteiger partial charge on any atom is -0.383 e. The van der Waals surface area contributed by atoms with Gasteiger partial charge in [-0.3, -0.25) is 0 Å². The van der Waals surface area contributed by atoms with Crippen molar-refractivity contribution in [1.82, 2.24) is 19.7 Å². The van der Waals surface area contributed by atoms with E-state index in [-0.39, 0.29) is 0 Å². The summed E-state index contributed by atoms with van der Waals surface area (Å²) in [6, 6.07) is 1.85. The van der Waals surface area contributed by atoms with Gasteiger partial charge in [0.15, 0.2) is 0 Å². The fourth-order valence-electron chi connectivity index (χ4n) is 1.26. The van der Waals surface area contributed by atoms with Gasteiger partial charge in [0.1, 0.15) is 12.1 Å². The molecular formula is C9H10IN5. The van der Waals surface area contributed by atoms with Crippen LogP contribution < -0.4 is 5.73 Å². The first kappa shape index (κ1) is 10.3. The molecule has 0 saturated carbocycles. The minimum atomic E-state index is 0.582. The topological polar surface area (TPSA) is 69.6 Å². The molecule has 0 saturated heterocycles. The van der Waals surface area contributed by atoms with Crippen molar-refractivity contribution in [3.63, 3.8) is 0 Å². The van der Waals surface area contributed by atoms with Gasteiger partial charge in [-0.15, -0.1) is 0 Å². The first-order chi connectivity index (χ1) is 7.18. The lowest BCUT2D eigenvalue weighted by atomic mass is 10.4. The van der Waals surface area contributed by atoms with Crippen LogP contribution in [0.25, 0.3) is 0 Å². The number of aromatic nitrogens is 4. The Kier molecular flexibility index (Phi) is 2.85. The van der Waals surface area contributed by atoms with E-state index >= 15 is 0 Å². The average molecular weight is 315 g/mol. The monoisotopic (exact) mass is 315 g/mol. The molecule has 6 heteroatoms. The van der Waals surface area contributed by atoms with E-state index in [0.717, 1.165) is 15.0 Å². The lowest BCUT2D eigenvalue weighted by Gasteiger charge is -2.02. The zero-order valence-corrected chi connectivity index (χ0v) is 10.3. The van der Waals surface area contributed by atoms with Crippen molar-refractivity contribution in [2.45, 2.75) is 13.5 Å². The van der Waals surface area contributed by atoms with Gasteiger partial charge in [0.25, 0.3) is 0 Å². The molecule has 0 aliphatic carbocycles. The number of hydrogen-bond donors (Lipinski definition) is 1. The summed E-state index contributed by atoms with van der Waals surface area (Å²) >= 11 is 2.19. The number of nitrogens with two attached hydrogens (primary N) is 1. The molecule has 2 rings (SSSR count). The first-order valence-corrected chi connectivity index (χ1v) is 5.49. The summed E-state index contributed by atoms with van der Waals surface area (Å²) in [7, 11) is 0. The number of nitrogens with zero attached hydrogens (tertiary/aromatic N) is 4. The van der Waals surface area contributed by atoms with Crippen molar-refractivity contribution < 1.29 is 0 Å². The van der Waals surface area contributed by atoms with Gasteiger partial charge in [0, 0.05) is 6.20 Å². The van der Waals surface area contributed by atoms with Crippen molar-refractivity contribution in [2.24, 2.45) is 0 Å². The fraction of sp³-hybridized carbons (Fsp3) is 0.222. The molecule has 0 unspecified atom stereocenters. The zero-order valence-electron chi connectivity index (χ0n) is 8.18. The standard InChI is InChI=1S/C9H10IN5/c1-6-8(10)9(11)15(14-6)4-7-2-3-12-5-13-7/h2-3,5H,4,11H2,1H3. The van der Waals surface area contributed by atoms with Crippen LogP contribution in [-0.4, -0.2) is 19.7 Å². The van der Waals surface area contributed by atoms with Gasteiger partial charge in [-0.05, 0) is 35.6 Å². The van der Waals surface area contributed by atoms with Crippen LogP contribution in [0, 0.1) is 10.5 Å². The molecule has 2 aromatic heterocycles. The molecular weight excluding hydrogens is 305 g/mol. The third-order valence-corrected chi connectivity index (χ3v) is 3.38. The summed E-state index contributed by atoms with van der Waals surface area (Å²) in [5.74, 6) is 0.687. The SMILES string of the molecule is Cc1nn(Cc2ccncn2)c(N)c1I. The van der Waals surface area contributed by atoms with Crippen molar-refractivity contribution in [1.29, 1.82) is 0 Å². The van der Waals surface area contributed by atoms with Crippen molar-refractivity contribution in [2.75, 3.05) is 5.73 Å². The lowest BCUT2D eigenvalue weighted by molar-refractivity contribution is 0.673. The Labute approximate surface area is 101 Å². The molecule has 2 N–H and O–H groups in total. The van der Waals surface area contributed by atoms with Gasteiger partial charge in [-0.1, -0.05) is 0 Å². The second kappa shape index (κ2) is 4.13. The summed E-state index contributed by atoms with van der Waals surface area (Å²) in [5.41, 5.74) is 7.75. The third kappa shape index (κ3) is 2.09. The van der Waals surface area contributed by atoms with Gasteiger partial charge in [-0.25, -0.2) is 14.6 Å². The number of nitrogen functional groups attached to an aromatic ring is 1. The molecule has 0 aliphatic heterocycles. The van der Waals surface area contributed by atoms with Crippen LogP contribution in [0.5, 0.6) is 0 Å². The molecule has 0 aliphatic rings. The Morgan fingerprint density at radius 1 is 1.53 bits per heavy atom. The maximum Gasteiger partial charge on any atom is 0.135 e. The van der Waals surface area contributed by atoms with Crippen LogP contribution in [0.3, 0.4) is 0 Å². The Hall–Kier alpha value is -1.18. The molecule has 2 heterocycles. The van der Waals surface area contributed by atoms with Crippen LogP contribution in [0.2, 0.25) is 0 Å². The van der Waals surface area contributed by atoms with E-state index < -0.39 is 0 Å². The molecule has 15 heavy (non-hydrogen) atoms. The zero-order chi connectivity index (χ0) is 10.8. The second-order valence-electron chi connectivity index (χ2n) is 3.14. The maximum atomic E-state index is 5.90. The van der Waals surface area contributed by atoms with Crippen LogP contribution in [0.15, 0.2) is 18.6 Å². The van der Waals surface area contributed by atoms with Crippen molar-refractivity contribution in [3.8, 4) is 0 Å². The average Bonchev–Trinajstić information content (AvgIpc) is 2.48. The summed E-state index contributed by atoms with van der Waals surface area (Å²) in [5, 5.41) is 4.33. The molecule has 2 aromatic rings. The van der Waals surface area contributed by atoms with Gasteiger partial charge < -0.3 is 5.73 Å². The van der Waals surface area contributed by atoms with Gasteiger partial charge >= 0.3 is 0 Å². The van der Waals surface area contributed by atoms with Gasteiger partial charge in [0.2, 0.25) is 0 Å². The molecule has 0 aromatic carbocycles. The predicted octanol–water partition coefficient (Wildman–Crippen LogP) is 1.22. The Bertz CT molecular complexity index is 465. The molecule has 5 nitrogen and oxygen atoms in total. The number of anilines is 1. The Morgan fingerprint density at radius 3 is 2.87 bits per heavy atom. The van der Waals surface area contributed by atoms with Gasteiger partial charge in [-0.2, -0.15) is 5.10 Å². The van der Waals surface area contributed by atoms with E-state index in [9.17, 15) is 0 Å². The van der Waals surface area contributed by atoms with E-state index in [1.807, 2.05) is 13.0 Å². The van der Waals surface area contributed by atoms with E-state index in [2.05, 4.69) is 37.7 Å². The summed E-state index contributed by atoms with van der Waals surface area (Å²) < 4.78 is 2.75. The largest absolute Gasteiger partial charge is 0.383 e. The highest BCUT2D eigenvalue weighted by atomic mass is 127. The number of halogens is 1. The highest BCUT2D eigenvalue weighted by Gasteiger charge is 2.09. The summed E-state index contributed by atoms with van der Waals surface area (Å²) in [6.07, 6.45) is 3.23. The molecule has 0 atom stereocenters. The first-order valence-electron chi connectivity index (χ1n) is 4.41. The molecule has 78 valence electrons. The van der Waals surface area contributed by atoms with E-state index in [4.69, 9.17) is 5.73 Å². The predicted molar refractivity (Wildman–Crippen MR) is 65.2 cm³/mol. The number of hydrogen-bond acceptors (Lipinski definition) is 4. The highest BCUT2D eigenvalue weighted by Crippen LogP contribution is 2.18. The second-order valence-corrected chi connectivity index (χ2v) is 4.22. The van der Waals surface area contributed by atoms with E-state index in [1.54, 1.807) is 10.9 Å². The van der Waals surface area contributed by atoms with Crippen LogP contribution in [0.1, 0.15) is 11.4 Å². The molecule has 0 spiro atoms. The molecule has 0 bridgehead atoms. The molecule has 0 radical (unpaired) electrons. The Morgan fingerprint density at radius 2 is 2.33 bits per heavy atom. The normalized spacial score (nSPS) is 10.5. The summed E-state index contributed by atoms with van der Waals surface area (Å²) in [6.45, 7) is 2.52. The Balaban J connectivity index is 2.29. The van der Waals surface area contributed by atoms with Crippen LogP contribution in [-0.2, 0) is 6.54 Å². The van der Waals surface area contributed by atoms with Crippen LogP contribution >= 0.6 is 22.6 Å². The van der Waals surface area contributed by atoms with E-state index in [1.165, 1.54) is 6.33 Å². The summed E-state index contributed by atoms with van der Waals surface area (Å²) in [4.78, 5) is 7.98. The third-order valence-electron chi connectivity index (χ3n) is 2.05. The fourth-order valence-corrected chi connectivity index (χ4v) is 1.65. The van der Waals surface area contributed by atoms with Crippen LogP contribution in [0.4, 0.5) is 5.82 Å². The molecule has 0 amide bonds. The van der Waals surface area contributed by atoms with Gasteiger partial charge in [0.05, 0.1) is 21.5 Å². The molecule has 0 fully saturated rings. The maximum absolute atomic E-state index is 5.90. The lowest BCUT2D eigenvalue weighted by Crippen LogP contribution is -2.07. The van der Waals surface area contributed by atoms with Crippen molar-refractivity contribution >= 4 is 28.4 Å². The van der Waals surface area contributed by atoms with Crippen molar-refractivity contribution in [3.05, 3.63) is 33.5 Å². The number of aryl methyl sites for hydroxylation is 1.